The minimum Gasteiger partial charge on any atom is -0.481 e. The summed E-state index contributed by atoms with van der Waals surface area (Å²) < 4.78 is 6.14. The second kappa shape index (κ2) is 10.4. The first-order valence-electron chi connectivity index (χ1n) is 14.2. The van der Waals surface area contributed by atoms with Crippen LogP contribution in [0, 0.1) is 11.8 Å². The van der Waals surface area contributed by atoms with Crippen LogP contribution < -0.4 is 5.32 Å². The molecule has 38 heavy (non-hydrogen) atoms. The van der Waals surface area contributed by atoms with Crippen LogP contribution in [-0.4, -0.2) is 35.1 Å². The van der Waals surface area contributed by atoms with Crippen LogP contribution >= 0.6 is 11.3 Å². The van der Waals surface area contributed by atoms with Gasteiger partial charge in [-0.25, -0.2) is 4.98 Å². The molecule has 0 saturated heterocycles. The van der Waals surface area contributed by atoms with E-state index in [1.54, 1.807) is 7.11 Å². The lowest BCUT2D eigenvalue weighted by Gasteiger charge is -2.32. The monoisotopic (exact) mass is 538 g/mol. The molecule has 0 aliphatic heterocycles. The molecule has 1 atom stereocenters. The molecule has 1 aromatic carbocycles. The Kier molecular flexibility index (Phi) is 7.46. The SMILES string of the molecule is COC(c1nc(C(=O)NC2CC(C(=O)O)C2)sc1-c1cc(C(C)(C)C)cc(C2(C)CC2)c1)C1CCCCC1. The molecule has 0 bridgehead atoms. The van der Waals surface area contributed by atoms with E-state index in [4.69, 9.17) is 9.72 Å². The molecule has 0 spiro atoms. The molecule has 0 radical (unpaired) electrons. The Bertz CT molecular complexity index is 1170. The first-order valence-corrected chi connectivity index (χ1v) is 15.0. The predicted molar refractivity (Wildman–Crippen MR) is 151 cm³/mol. The highest BCUT2D eigenvalue weighted by molar-refractivity contribution is 7.17. The van der Waals surface area contributed by atoms with Gasteiger partial charge in [0, 0.05) is 13.2 Å². The highest BCUT2D eigenvalue weighted by Gasteiger charge is 2.41. The van der Waals surface area contributed by atoms with Gasteiger partial charge in [-0.15, -0.1) is 11.3 Å². The maximum atomic E-state index is 13.3. The van der Waals surface area contributed by atoms with Crippen molar-refractivity contribution in [3.63, 3.8) is 0 Å². The summed E-state index contributed by atoms with van der Waals surface area (Å²) in [5.74, 6) is -0.978. The van der Waals surface area contributed by atoms with Crippen LogP contribution in [0.3, 0.4) is 0 Å². The quantitative estimate of drug-likeness (QED) is 0.377. The van der Waals surface area contributed by atoms with Crippen LogP contribution in [0.4, 0.5) is 0 Å². The standard InChI is InChI=1S/C31H42N2O4S/c1-30(2,3)21-13-19(14-22(17-21)31(4)11-12-31)26-24(25(37-5)18-9-7-6-8-10-18)33-28(38-26)27(34)32-23-15-20(16-23)29(35)36/h13-14,17-18,20,23,25H,6-12,15-16H2,1-5H3,(H,32,34)(H,35,36). The average Bonchev–Trinajstić information content (AvgIpc) is 3.46. The van der Waals surface area contributed by atoms with E-state index < -0.39 is 5.97 Å². The van der Waals surface area contributed by atoms with Gasteiger partial charge in [-0.3, -0.25) is 9.59 Å². The molecule has 3 aliphatic rings. The lowest BCUT2D eigenvalue weighted by atomic mass is 9.80. The molecule has 5 rings (SSSR count). The summed E-state index contributed by atoms with van der Waals surface area (Å²) in [6, 6.07) is 6.86. The number of amides is 1. The third-order valence-electron chi connectivity index (χ3n) is 9.03. The fourth-order valence-corrected chi connectivity index (χ4v) is 6.98. The van der Waals surface area contributed by atoms with Crippen LogP contribution in [0.15, 0.2) is 18.2 Å². The van der Waals surface area contributed by atoms with Crippen molar-refractivity contribution in [2.75, 3.05) is 7.11 Å². The van der Waals surface area contributed by atoms with E-state index in [0.29, 0.717) is 23.8 Å². The van der Waals surface area contributed by atoms with E-state index in [-0.39, 0.29) is 34.8 Å². The number of hydrogen-bond acceptors (Lipinski definition) is 5. The molecule has 1 amide bonds. The number of aromatic nitrogens is 1. The molecular formula is C31H42N2O4S. The van der Waals surface area contributed by atoms with E-state index in [1.165, 1.54) is 54.6 Å². The van der Waals surface area contributed by atoms with Crippen molar-refractivity contribution in [1.29, 1.82) is 0 Å². The molecule has 3 saturated carbocycles. The number of carboxylic acids is 1. The van der Waals surface area contributed by atoms with Gasteiger partial charge in [-0.05, 0) is 84.1 Å². The highest BCUT2D eigenvalue weighted by atomic mass is 32.1. The van der Waals surface area contributed by atoms with Crippen molar-refractivity contribution in [2.24, 2.45) is 11.8 Å². The number of nitrogens with one attached hydrogen (secondary N) is 1. The number of aliphatic carboxylic acids is 1. The van der Waals surface area contributed by atoms with Crippen LogP contribution in [-0.2, 0) is 20.4 Å². The van der Waals surface area contributed by atoms with Gasteiger partial charge >= 0.3 is 5.97 Å². The van der Waals surface area contributed by atoms with Gasteiger partial charge in [0.15, 0.2) is 5.01 Å². The Morgan fingerprint density at radius 2 is 1.82 bits per heavy atom. The molecular weight excluding hydrogens is 496 g/mol. The summed E-state index contributed by atoms with van der Waals surface area (Å²) in [5, 5.41) is 12.7. The first kappa shape index (κ1) is 27.3. The maximum absolute atomic E-state index is 13.3. The average molecular weight is 539 g/mol. The number of carboxylic acid groups (broad SMARTS) is 1. The molecule has 2 aromatic rings. The number of hydrogen-bond donors (Lipinski definition) is 2. The van der Waals surface area contributed by atoms with Crippen molar-refractivity contribution >= 4 is 23.2 Å². The molecule has 1 heterocycles. The zero-order valence-electron chi connectivity index (χ0n) is 23.4. The Labute approximate surface area is 230 Å². The zero-order chi connectivity index (χ0) is 27.2. The van der Waals surface area contributed by atoms with E-state index >= 15 is 0 Å². The number of benzene rings is 1. The summed E-state index contributed by atoms with van der Waals surface area (Å²) in [6.07, 6.45) is 9.09. The maximum Gasteiger partial charge on any atom is 0.306 e. The van der Waals surface area contributed by atoms with Gasteiger partial charge in [0.2, 0.25) is 0 Å². The van der Waals surface area contributed by atoms with Crippen LogP contribution in [0.2, 0.25) is 0 Å². The summed E-state index contributed by atoms with van der Waals surface area (Å²) in [7, 11) is 1.77. The molecule has 6 nitrogen and oxygen atoms in total. The number of rotatable bonds is 8. The molecule has 206 valence electrons. The topological polar surface area (TPSA) is 88.5 Å². The van der Waals surface area contributed by atoms with Crippen LogP contribution in [0.1, 0.15) is 118 Å². The van der Waals surface area contributed by atoms with Crippen LogP contribution in [0.5, 0.6) is 0 Å². The van der Waals surface area contributed by atoms with Crippen molar-refractivity contribution in [3.8, 4) is 10.4 Å². The Morgan fingerprint density at radius 3 is 2.39 bits per heavy atom. The fraction of sp³-hybridized carbons (Fsp3) is 0.645. The van der Waals surface area contributed by atoms with Gasteiger partial charge in [-0.1, -0.05) is 53.0 Å². The van der Waals surface area contributed by atoms with E-state index in [1.807, 2.05) is 0 Å². The normalized spacial score (nSPS) is 23.9. The van der Waals surface area contributed by atoms with E-state index in [2.05, 4.69) is 51.2 Å². The highest BCUT2D eigenvalue weighted by Crippen LogP contribution is 2.50. The van der Waals surface area contributed by atoms with E-state index in [9.17, 15) is 14.7 Å². The third-order valence-corrected chi connectivity index (χ3v) is 10.1. The first-order chi connectivity index (χ1) is 18.0. The lowest BCUT2D eigenvalue weighted by Crippen LogP contribution is -2.46. The van der Waals surface area contributed by atoms with Crippen molar-refractivity contribution in [3.05, 3.63) is 40.0 Å². The second-order valence-electron chi connectivity index (χ2n) is 13.1. The molecule has 1 unspecified atom stereocenters. The smallest absolute Gasteiger partial charge is 0.306 e. The number of nitrogens with zero attached hydrogens (tertiary/aromatic N) is 1. The van der Waals surface area contributed by atoms with Gasteiger partial charge < -0.3 is 15.2 Å². The summed E-state index contributed by atoms with van der Waals surface area (Å²) in [5.41, 5.74) is 4.88. The number of methoxy groups -OCH3 is 1. The third kappa shape index (κ3) is 5.55. The summed E-state index contributed by atoms with van der Waals surface area (Å²) >= 11 is 1.45. The Morgan fingerprint density at radius 1 is 1.13 bits per heavy atom. The largest absolute Gasteiger partial charge is 0.481 e. The Balaban J connectivity index is 1.54. The number of thiazole rings is 1. The van der Waals surface area contributed by atoms with Crippen LogP contribution in [0.25, 0.3) is 10.4 Å². The number of carbonyl (C=O) groups excluding carboxylic acids is 1. The van der Waals surface area contributed by atoms with Gasteiger partial charge in [0.05, 0.1) is 16.5 Å². The van der Waals surface area contributed by atoms with Gasteiger partial charge in [0.1, 0.15) is 6.10 Å². The van der Waals surface area contributed by atoms with Crippen molar-refractivity contribution < 1.29 is 19.4 Å². The summed E-state index contributed by atoms with van der Waals surface area (Å²) in [6.45, 7) is 9.09. The van der Waals surface area contributed by atoms with Crippen molar-refractivity contribution in [2.45, 2.75) is 108 Å². The summed E-state index contributed by atoms with van der Waals surface area (Å²) in [4.78, 5) is 30.5. The van der Waals surface area contributed by atoms with Gasteiger partial charge in [0.25, 0.3) is 5.91 Å². The molecule has 2 N–H and O–H groups in total. The second-order valence-corrected chi connectivity index (χ2v) is 14.1. The minimum atomic E-state index is -0.788. The minimum absolute atomic E-state index is 0.00397. The number of ether oxygens (including phenoxy) is 1. The fourth-order valence-electron chi connectivity index (χ4n) is 5.99. The molecule has 7 heteroatoms. The Hall–Kier alpha value is -2.25. The van der Waals surface area contributed by atoms with Gasteiger partial charge in [-0.2, -0.15) is 0 Å². The number of carbonyl (C=O) groups is 2. The molecule has 3 aliphatic carbocycles. The van der Waals surface area contributed by atoms with Crippen molar-refractivity contribution in [1.82, 2.24) is 10.3 Å². The predicted octanol–water partition coefficient (Wildman–Crippen LogP) is 7.02. The molecule has 3 fully saturated rings. The lowest BCUT2D eigenvalue weighted by molar-refractivity contribution is -0.145. The zero-order valence-corrected chi connectivity index (χ0v) is 24.2. The molecule has 1 aromatic heterocycles. The van der Waals surface area contributed by atoms with E-state index in [0.717, 1.165) is 29.0 Å².